The second-order valence-corrected chi connectivity index (χ2v) is 3.35. The molecule has 1 aliphatic rings. The van der Waals surface area contributed by atoms with Crippen molar-refractivity contribution in [2.24, 2.45) is 0 Å². The monoisotopic (exact) mass is 182 g/mol. The van der Waals surface area contributed by atoms with E-state index in [1.807, 2.05) is 18.2 Å². The van der Waals surface area contributed by atoms with Gasteiger partial charge in [-0.1, -0.05) is 17.7 Å². The molecule has 0 aliphatic carbocycles. The van der Waals surface area contributed by atoms with E-state index in [1.54, 1.807) is 0 Å². The van der Waals surface area contributed by atoms with Crippen LogP contribution in [0.15, 0.2) is 18.2 Å². The predicted octanol–water partition coefficient (Wildman–Crippen LogP) is 2.70. The maximum Gasteiger partial charge on any atom is 0.260 e. The Labute approximate surface area is 75.7 Å². The molecule has 1 heterocycles. The lowest BCUT2D eigenvalue weighted by Gasteiger charge is -2.08. The van der Waals surface area contributed by atoms with Crippen LogP contribution in [0.4, 0.5) is 5.69 Å². The number of fused-ring (bicyclic) bond motifs is 1. The Morgan fingerprint density at radius 2 is 2.25 bits per heavy atom. The molecule has 0 saturated heterocycles. The first-order chi connectivity index (χ1) is 5.79. The van der Waals surface area contributed by atoms with Crippen LogP contribution in [0.5, 0.6) is 0 Å². The van der Waals surface area contributed by atoms with Gasteiger partial charge in [0.1, 0.15) is 0 Å². The fourth-order valence-electron chi connectivity index (χ4n) is 1.55. The lowest BCUT2D eigenvalue weighted by atomic mass is 10.0. The summed E-state index contributed by atoms with van der Waals surface area (Å²) in [7, 11) is 0. The Bertz CT molecular complexity index is 335. The molecule has 0 spiro atoms. The quantitative estimate of drug-likeness (QED) is 0.565. The largest absolute Gasteiger partial charge is 0.260 e. The molecule has 0 unspecified atom stereocenters. The summed E-state index contributed by atoms with van der Waals surface area (Å²) in [6, 6.07) is 5.48. The normalized spacial score (nSPS) is 15.9. The van der Waals surface area contributed by atoms with Gasteiger partial charge in [-0.05, 0) is 12.5 Å². The summed E-state index contributed by atoms with van der Waals surface area (Å²) in [4.78, 5) is 11.3. The summed E-state index contributed by atoms with van der Waals surface area (Å²) in [5, 5.41) is 0.716. The van der Waals surface area contributed by atoms with E-state index in [2.05, 4.69) is 0 Å². The predicted molar refractivity (Wildman–Crippen MR) is 47.9 cm³/mol. The van der Waals surface area contributed by atoms with E-state index in [4.69, 9.17) is 11.6 Å². The van der Waals surface area contributed by atoms with Crippen molar-refractivity contribution in [1.82, 2.24) is 0 Å². The Morgan fingerprint density at radius 1 is 1.42 bits per heavy atom. The smallest absolute Gasteiger partial charge is 0.0838 e. The molecular weight excluding hydrogens is 174 g/mol. The van der Waals surface area contributed by atoms with Gasteiger partial charge in [-0.25, -0.2) is 0 Å². The minimum absolute atomic E-state index is 0.591. The number of nitrogens with zero attached hydrogens (tertiary/aromatic N) is 1. The summed E-state index contributed by atoms with van der Waals surface area (Å²) in [6.07, 6.45) is 1.83. The van der Waals surface area contributed by atoms with E-state index in [9.17, 15) is 4.91 Å². The summed E-state index contributed by atoms with van der Waals surface area (Å²) in [5.41, 5.74) is 1.74. The molecule has 0 aromatic heterocycles. The molecule has 2 nitrogen and oxygen atoms in total. The highest BCUT2D eigenvalue weighted by molar-refractivity contribution is 6.31. The number of benzene rings is 1. The van der Waals surface area contributed by atoms with Gasteiger partial charge in [0.15, 0.2) is 6.54 Å². The number of nitroso groups, excluding NO2 is 1. The fourth-order valence-corrected chi connectivity index (χ4v) is 1.81. The molecule has 3 heteroatoms. The second kappa shape index (κ2) is 2.87. The van der Waals surface area contributed by atoms with Crippen molar-refractivity contribution in [1.29, 1.82) is 0 Å². The second-order valence-electron chi connectivity index (χ2n) is 2.94. The Kier molecular flexibility index (Phi) is 1.85. The van der Waals surface area contributed by atoms with Crippen LogP contribution in [0.1, 0.15) is 12.0 Å². The van der Waals surface area contributed by atoms with Gasteiger partial charge in [0.2, 0.25) is 0 Å². The van der Waals surface area contributed by atoms with Crippen molar-refractivity contribution in [2.45, 2.75) is 12.8 Å². The van der Waals surface area contributed by atoms with E-state index >= 15 is 0 Å². The van der Waals surface area contributed by atoms with E-state index in [0.29, 0.717) is 11.6 Å². The average Bonchev–Trinajstić information content (AvgIpc) is 2.07. The SMILES string of the molecule is O=[N+]1CCCc2c(Cl)cccc21. The number of hydrogen-bond acceptors (Lipinski definition) is 1. The third kappa shape index (κ3) is 1.12. The van der Waals surface area contributed by atoms with E-state index < -0.39 is 0 Å². The van der Waals surface area contributed by atoms with Crippen LogP contribution >= 0.6 is 11.6 Å². The molecule has 2 rings (SSSR count). The van der Waals surface area contributed by atoms with Gasteiger partial charge in [0, 0.05) is 27.7 Å². The lowest BCUT2D eigenvalue weighted by molar-refractivity contribution is -0.468. The molecule has 0 saturated carbocycles. The summed E-state index contributed by atoms with van der Waals surface area (Å²) in [5.74, 6) is 0. The van der Waals surface area contributed by atoms with E-state index in [-0.39, 0.29) is 0 Å². The van der Waals surface area contributed by atoms with Crippen LogP contribution in [-0.4, -0.2) is 11.3 Å². The molecular formula is C9H9ClNO+. The van der Waals surface area contributed by atoms with Crippen LogP contribution in [0.25, 0.3) is 0 Å². The first kappa shape index (κ1) is 7.74. The van der Waals surface area contributed by atoms with Gasteiger partial charge in [-0.3, -0.25) is 0 Å². The maximum atomic E-state index is 11.3. The highest BCUT2D eigenvalue weighted by atomic mass is 35.5. The van der Waals surface area contributed by atoms with Gasteiger partial charge >= 0.3 is 0 Å². The van der Waals surface area contributed by atoms with Crippen molar-refractivity contribution in [3.63, 3.8) is 0 Å². The molecule has 1 aromatic rings. The molecule has 0 radical (unpaired) electrons. The summed E-state index contributed by atoms with van der Waals surface area (Å²) >= 11 is 5.94. The van der Waals surface area contributed by atoms with Crippen LogP contribution in [0.3, 0.4) is 0 Å². The number of hydrogen-bond donors (Lipinski definition) is 0. The minimum Gasteiger partial charge on any atom is -0.0838 e. The Morgan fingerprint density at radius 3 is 3.00 bits per heavy atom. The molecule has 12 heavy (non-hydrogen) atoms. The van der Waals surface area contributed by atoms with E-state index in [1.165, 1.54) is 0 Å². The first-order valence-electron chi connectivity index (χ1n) is 4.01. The van der Waals surface area contributed by atoms with E-state index in [0.717, 1.165) is 28.9 Å². The Balaban J connectivity index is 2.59. The zero-order chi connectivity index (χ0) is 8.55. The van der Waals surface area contributed by atoms with Crippen LogP contribution in [0.2, 0.25) is 5.02 Å². The van der Waals surface area contributed by atoms with Crippen molar-refractivity contribution >= 4 is 17.3 Å². The summed E-state index contributed by atoms with van der Waals surface area (Å²) in [6.45, 7) is 0.591. The van der Waals surface area contributed by atoms with Crippen molar-refractivity contribution in [3.8, 4) is 0 Å². The molecule has 0 bridgehead atoms. The summed E-state index contributed by atoms with van der Waals surface area (Å²) < 4.78 is 1.02. The van der Waals surface area contributed by atoms with Gasteiger partial charge in [0.25, 0.3) is 5.69 Å². The number of halogens is 1. The van der Waals surface area contributed by atoms with Gasteiger partial charge < -0.3 is 0 Å². The van der Waals surface area contributed by atoms with Crippen LogP contribution in [-0.2, 0) is 6.42 Å². The van der Waals surface area contributed by atoms with Crippen LogP contribution in [0, 0.1) is 4.91 Å². The van der Waals surface area contributed by atoms with Gasteiger partial charge in [-0.15, -0.1) is 0 Å². The lowest BCUT2D eigenvalue weighted by Crippen LogP contribution is -2.12. The number of rotatable bonds is 0. The zero-order valence-corrected chi connectivity index (χ0v) is 7.34. The third-order valence-corrected chi connectivity index (χ3v) is 2.50. The van der Waals surface area contributed by atoms with Gasteiger partial charge in [-0.2, -0.15) is 0 Å². The first-order valence-corrected chi connectivity index (χ1v) is 4.39. The van der Waals surface area contributed by atoms with Crippen molar-refractivity contribution < 1.29 is 4.76 Å². The molecule has 0 amide bonds. The minimum atomic E-state index is 0.591. The average molecular weight is 183 g/mol. The highest BCUT2D eigenvalue weighted by Gasteiger charge is 2.25. The standard InChI is InChI=1S/C9H9ClNO/c10-8-4-1-5-9-7(8)3-2-6-11(9)12/h1,4-5H,2-3,6H2/q+1. The highest BCUT2D eigenvalue weighted by Crippen LogP contribution is 2.30. The molecule has 62 valence electrons. The molecule has 0 atom stereocenters. The maximum absolute atomic E-state index is 11.3. The zero-order valence-electron chi connectivity index (χ0n) is 6.59. The molecule has 1 aromatic carbocycles. The van der Waals surface area contributed by atoms with Crippen LogP contribution < -0.4 is 0 Å². The molecule has 0 N–H and O–H groups in total. The fraction of sp³-hybridized carbons (Fsp3) is 0.333. The topological polar surface area (TPSA) is 20.1 Å². The van der Waals surface area contributed by atoms with Gasteiger partial charge in [0.05, 0.1) is 5.02 Å². The third-order valence-electron chi connectivity index (χ3n) is 2.15. The molecule has 1 aliphatic heterocycles. The molecule has 0 fully saturated rings. The Hall–Kier alpha value is -0.890. The van der Waals surface area contributed by atoms with Crippen molar-refractivity contribution in [2.75, 3.05) is 6.54 Å². The van der Waals surface area contributed by atoms with Crippen molar-refractivity contribution in [3.05, 3.63) is 33.7 Å².